The molecule has 0 aliphatic rings. The number of halogens is 1. The van der Waals surface area contributed by atoms with Crippen LogP contribution in [-0.2, 0) is 11.3 Å². The first-order chi connectivity index (χ1) is 13.5. The monoisotopic (exact) mass is 380 g/mol. The van der Waals surface area contributed by atoms with Gasteiger partial charge >= 0.3 is 5.97 Å². The number of pyridine rings is 1. The Balaban J connectivity index is 1.63. The van der Waals surface area contributed by atoms with Crippen molar-refractivity contribution in [1.82, 2.24) is 10.3 Å². The molecule has 0 spiro atoms. The molecular formula is C21H17FN2O4. The molecule has 0 unspecified atom stereocenters. The van der Waals surface area contributed by atoms with Crippen molar-refractivity contribution < 1.29 is 23.5 Å². The van der Waals surface area contributed by atoms with Crippen LogP contribution in [0.25, 0.3) is 0 Å². The van der Waals surface area contributed by atoms with Crippen molar-refractivity contribution in [3.63, 3.8) is 0 Å². The minimum absolute atomic E-state index is 0.240. The molecule has 1 aromatic heterocycles. The van der Waals surface area contributed by atoms with Gasteiger partial charge in [0.1, 0.15) is 11.6 Å². The van der Waals surface area contributed by atoms with Gasteiger partial charge in [-0.1, -0.05) is 6.07 Å². The second kappa shape index (κ2) is 8.77. The highest BCUT2D eigenvalue weighted by atomic mass is 19.1. The smallest absolute Gasteiger partial charge is 0.337 e. The predicted octanol–water partition coefficient (Wildman–Crippen LogP) is 3.73. The lowest BCUT2D eigenvalue weighted by molar-refractivity contribution is 0.0600. The number of aromatic nitrogens is 1. The Bertz CT molecular complexity index is 990. The Hall–Kier alpha value is -3.74. The van der Waals surface area contributed by atoms with Gasteiger partial charge in [0.2, 0.25) is 5.88 Å². The second-order valence-electron chi connectivity index (χ2n) is 5.81. The van der Waals surface area contributed by atoms with Gasteiger partial charge in [-0.25, -0.2) is 14.2 Å². The number of carbonyl (C=O) groups is 2. The van der Waals surface area contributed by atoms with Gasteiger partial charge < -0.3 is 14.8 Å². The molecule has 28 heavy (non-hydrogen) atoms. The number of amides is 1. The number of esters is 1. The van der Waals surface area contributed by atoms with Crippen molar-refractivity contribution in [3.05, 3.63) is 89.4 Å². The molecule has 142 valence electrons. The fourth-order valence-electron chi connectivity index (χ4n) is 2.43. The topological polar surface area (TPSA) is 77.5 Å². The first kappa shape index (κ1) is 19.0. The van der Waals surface area contributed by atoms with Crippen LogP contribution < -0.4 is 10.1 Å². The number of hydrogen-bond donors (Lipinski definition) is 1. The fourth-order valence-corrected chi connectivity index (χ4v) is 2.43. The average molecular weight is 380 g/mol. The number of carbonyl (C=O) groups excluding carboxylic acids is 2. The van der Waals surface area contributed by atoms with E-state index in [-0.39, 0.29) is 18.3 Å². The quantitative estimate of drug-likeness (QED) is 0.660. The highest BCUT2D eigenvalue weighted by Crippen LogP contribution is 2.20. The van der Waals surface area contributed by atoms with Crippen molar-refractivity contribution in [3.8, 4) is 11.6 Å². The standard InChI is InChI=1S/C21H17FN2O4/c1-27-21(26)16-4-2-3-15(12-16)20(25)24-13-14-9-10-23-19(11-14)28-18-7-5-17(22)6-8-18/h2-12H,13H2,1H3,(H,24,25). The van der Waals surface area contributed by atoms with Crippen molar-refractivity contribution in [2.75, 3.05) is 7.11 Å². The molecule has 1 N–H and O–H groups in total. The summed E-state index contributed by atoms with van der Waals surface area (Å²) in [5, 5.41) is 2.77. The molecule has 6 nitrogen and oxygen atoms in total. The predicted molar refractivity (Wildman–Crippen MR) is 99.7 cm³/mol. The number of nitrogens with one attached hydrogen (secondary N) is 1. The molecule has 2 aromatic carbocycles. The lowest BCUT2D eigenvalue weighted by atomic mass is 10.1. The van der Waals surface area contributed by atoms with Gasteiger partial charge in [0.25, 0.3) is 5.91 Å². The molecule has 0 bridgehead atoms. The summed E-state index contributed by atoms with van der Waals surface area (Å²) in [5.41, 5.74) is 1.42. The van der Waals surface area contributed by atoms with Crippen LogP contribution in [0.1, 0.15) is 26.3 Å². The van der Waals surface area contributed by atoms with Crippen LogP contribution in [0.2, 0.25) is 0 Å². The van der Waals surface area contributed by atoms with Crippen molar-refractivity contribution in [2.24, 2.45) is 0 Å². The maximum absolute atomic E-state index is 13.0. The minimum Gasteiger partial charge on any atom is -0.465 e. The van der Waals surface area contributed by atoms with Gasteiger partial charge in [-0.15, -0.1) is 0 Å². The first-order valence-corrected chi connectivity index (χ1v) is 8.40. The van der Waals surface area contributed by atoms with Crippen LogP contribution in [0.4, 0.5) is 4.39 Å². The van der Waals surface area contributed by atoms with Crippen molar-refractivity contribution >= 4 is 11.9 Å². The van der Waals surface area contributed by atoms with Gasteiger partial charge in [0.15, 0.2) is 0 Å². The zero-order chi connectivity index (χ0) is 19.9. The molecule has 0 radical (unpaired) electrons. The molecule has 0 fully saturated rings. The molecule has 1 amide bonds. The summed E-state index contributed by atoms with van der Waals surface area (Å²) in [7, 11) is 1.28. The molecule has 3 rings (SSSR count). The maximum Gasteiger partial charge on any atom is 0.337 e. The van der Waals surface area contributed by atoms with Crippen LogP contribution >= 0.6 is 0 Å². The molecule has 3 aromatic rings. The Morgan fingerprint density at radius 3 is 2.54 bits per heavy atom. The van der Waals surface area contributed by atoms with E-state index in [4.69, 9.17) is 4.74 Å². The van der Waals surface area contributed by atoms with E-state index < -0.39 is 5.97 Å². The lowest BCUT2D eigenvalue weighted by Gasteiger charge is -2.09. The molecule has 7 heteroatoms. The highest BCUT2D eigenvalue weighted by Gasteiger charge is 2.11. The second-order valence-corrected chi connectivity index (χ2v) is 5.81. The van der Waals surface area contributed by atoms with E-state index in [0.29, 0.717) is 22.8 Å². The summed E-state index contributed by atoms with van der Waals surface area (Å²) in [5.74, 6) is -0.413. The molecule has 0 atom stereocenters. The van der Waals surface area contributed by atoms with Crippen LogP contribution in [0.15, 0.2) is 66.9 Å². The van der Waals surface area contributed by atoms with Gasteiger partial charge in [0, 0.05) is 24.4 Å². The van der Waals surface area contributed by atoms with E-state index in [0.717, 1.165) is 5.56 Å². The normalized spacial score (nSPS) is 10.2. The number of ether oxygens (including phenoxy) is 2. The van der Waals surface area contributed by atoms with Crippen LogP contribution in [0.5, 0.6) is 11.6 Å². The van der Waals surface area contributed by atoms with E-state index in [1.54, 1.807) is 36.5 Å². The van der Waals surface area contributed by atoms with E-state index in [9.17, 15) is 14.0 Å². The molecular weight excluding hydrogens is 363 g/mol. The Morgan fingerprint density at radius 2 is 1.79 bits per heavy atom. The third-order valence-electron chi connectivity index (χ3n) is 3.83. The SMILES string of the molecule is COC(=O)c1cccc(C(=O)NCc2ccnc(Oc3ccc(F)cc3)c2)c1. The van der Waals surface area contributed by atoms with Crippen molar-refractivity contribution in [1.29, 1.82) is 0 Å². The molecule has 0 aliphatic carbocycles. The maximum atomic E-state index is 13.0. The number of methoxy groups -OCH3 is 1. The largest absolute Gasteiger partial charge is 0.465 e. The molecule has 0 aliphatic heterocycles. The van der Waals surface area contributed by atoms with E-state index in [2.05, 4.69) is 15.0 Å². The number of rotatable bonds is 6. The van der Waals surface area contributed by atoms with Gasteiger partial charge in [-0.05, 0) is 54.1 Å². The van der Waals surface area contributed by atoms with E-state index in [1.807, 2.05) is 0 Å². The summed E-state index contributed by atoms with van der Waals surface area (Å²) in [6.45, 7) is 0.240. The Labute approximate surface area is 160 Å². The van der Waals surface area contributed by atoms with Crippen LogP contribution in [0.3, 0.4) is 0 Å². The lowest BCUT2D eigenvalue weighted by Crippen LogP contribution is -2.23. The number of nitrogens with zero attached hydrogens (tertiary/aromatic N) is 1. The third kappa shape index (κ3) is 4.91. The van der Waals surface area contributed by atoms with Crippen LogP contribution in [0, 0.1) is 5.82 Å². The molecule has 0 saturated carbocycles. The fraction of sp³-hybridized carbons (Fsp3) is 0.0952. The summed E-state index contributed by atoms with van der Waals surface area (Å²) >= 11 is 0. The number of hydrogen-bond acceptors (Lipinski definition) is 5. The minimum atomic E-state index is -0.508. The van der Waals surface area contributed by atoms with Gasteiger partial charge in [-0.3, -0.25) is 4.79 Å². The Kier molecular flexibility index (Phi) is 5.96. The van der Waals surface area contributed by atoms with Crippen molar-refractivity contribution in [2.45, 2.75) is 6.54 Å². The van der Waals surface area contributed by atoms with E-state index in [1.165, 1.54) is 37.4 Å². The Morgan fingerprint density at radius 1 is 1.04 bits per heavy atom. The highest BCUT2D eigenvalue weighted by molar-refractivity contribution is 5.97. The van der Waals surface area contributed by atoms with Gasteiger partial charge in [-0.2, -0.15) is 0 Å². The molecule has 1 heterocycles. The third-order valence-corrected chi connectivity index (χ3v) is 3.83. The average Bonchev–Trinajstić information content (AvgIpc) is 2.73. The zero-order valence-corrected chi connectivity index (χ0v) is 15.0. The summed E-state index contributed by atoms with van der Waals surface area (Å²) in [6.07, 6.45) is 1.55. The summed E-state index contributed by atoms with van der Waals surface area (Å²) < 4.78 is 23.2. The van der Waals surface area contributed by atoms with Gasteiger partial charge in [0.05, 0.1) is 12.7 Å². The van der Waals surface area contributed by atoms with Crippen LogP contribution in [-0.4, -0.2) is 24.0 Å². The number of benzene rings is 2. The summed E-state index contributed by atoms with van der Waals surface area (Å²) in [4.78, 5) is 28.0. The molecule has 0 saturated heterocycles. The summed E-state index contributed by atoms with van der Waals surface area (Å²) in [6, 6.07) is 15.3. The zero-order valence-electron chi connectivity index (χ0n) is 15.0. The first-order valence-electron chi connectivity index (χ1n) is 8.40. The van der Waals surface area contributed by atoms with E-state index >= 15 is 0 Å².